The molecule has 1 aromatic carbocycles. The summed E-state index contributed by atoms with van der Waals surface area (Å²) in [5, 5.41) is 3.83. The molecule has 0 radical (unpaired) electrons. The van der Waals surface area contributed by atoms with Gasteiger partial charge in [-0.15, -0.1) is 0 Å². The normalized spacial score (nSPS) is 11.9. The third kappa shape index (κ3) is 3.95. The van der Waals surface area contributed by atoms with Crippen LogP contribution in [0.5, 0.6) is 5.75 Å². The second-order valence-corrected chi connectivity index (χ2v) is 7.39. The van der Waals surface area contributed by atoms with E-state index in [0.29, 0.717) is 23.0 Å². The Bertz CT molecular complexity index is 740. The van der Waals surface area contributed by atoms with Gasteiger partial charge in [0.15, 0.2) is 12.4 Å². The average molecular weight is 331 g/mol. The van der Waals surface area contributed by atoms with E-state index in [-0.39, 0.29) is 17.4 Å². The molecule has 0 bridgehead atoms. The number of hydrogen-bond donors (Lipinski definition) is 0. The van der Waals surface area contributed by atoms with E-state index >= 15 is 0 Å². The number of benzene rings is 1. The number of nitrogens with zero attached hydrogens (tertiary/aromatic N) is 2. The molecule has 114 valence electrons. The van der Waals surface area contributed by atoms with Gasteiger partial charge in [0.2, 0.25) is 0 Å². The Morgan fingerprint density at radius 1 is 1.38 bits per heavy atom. The second-order valence-electron chi connectivity index (χ2n) is 4.85. The second kappa shape index (κ2) is 6.03. The van der Waals surface area contributed by atoms with Gasteiger partial charge >= 0.3 is 0 Å². The Balaban J connectivity index is 2.08. The van der Waals surface area contributed by atoms with Gasteiger partial charge in [0.05, 0.1) is 4.90 Å². The number of ether oxygens (including phenoxy) is 1. The van der Waals surface area contributed by atoms with Crippen LogP contribution in [-0.4, -0.2) is 18.6 Å². The van der Waals surface area contributed by atoms with Crippen LogP contribution < -0.4 is 4.74 Å². The molecule has 21 heavy (non-hydrogen) atoms. The summed E-state index contributed by atoms with van der Waals surface area (Å²) in [7, 11) is 1.57. The highest BCUT2D eigenvalue weighted by Crippen LogP contribution is 2.24. The molecule has 0 aliphatic heterocycles. The molecule has 8 heteroatoms. The predicted molar refractivity (Wildman–Crippen MR) is 76.9 cm³/mol. The molecule has 0 N–H and O–H groups in total. The number of aryl methyl sites for hydroxylation is 1. The summed E-state index contributed by atoms with van der Waals surface area (Å²) < 4.78 is 33.2. The molecule has 0 aliphatic rings. The van der Waals surface area contributed by atoms with E-state index in [4.69, 9.17) is 19.9 Å². The van der Waals surface area contributed by atoms with Crippen molar-refractivity contribution in [1.29, 1.82) is 0 Å². The monoisotopic (exact) mass is 330 g/mol. The molecular formula is C13H15ClN2O4S. The topological polar surface area (TPSA) is 82.3 Å². The fourth-order valence-electron chi connectivity index (χ4n) is 1.69. The minimum atomic E-state index is -3.75. The van der Waals surface area contributed by atoms with Crippen LogP contribution in [0.15, 0.2) is 27.6 Å². The van der Waals surface area contributed by atoms with Crippen LogP contribution in [0.25, 0.3) is 0 Å². The molecule has 1 aromatic heterocycles. The van der Waals surface area contributed by atoms with Gasteiger partial charge in [0.25, 0.3) is 14.9 Å². The summed E-state index contributed by atoms with van der Waals surface area (Å²) in [6.45, 7) is 5.69. The Kier molecular flexibility index (Phi) is 4.53. The molecule has 0 fully saturated rings. The first kappa shape index (κ1) is 15.8. The van der Waals surface area contributed by atoms with Crippen molar-refractivity contribution >= 4 is 19.7 Å². The lowest BCUT2D eigenvalue weighted by atomic mass is 10.2. The van der Waals surface area contributed by atoms with Gasteiger partial charge in [-0.2, -0.15) is 4.98 Å². The summed E-state index contributed by atoms with van der Waals surface area (Å²) in [5.41, 5.74) is 0.510. The van der Waals surface area contributed by atoms with Crippen LogP contribution in [0.1, 0.15) is 37.0 Å². The molecule has 2 aromatic rings. The van der Waals surface area contributed by atoms with Crippen molar-refractivity contribution in [2.45, 2.75) is 38.2 Å². The van der Waals surface area contributed by atoms with Gasteiger partial charge in [0.1, 0.15) is 5.75 Å². The molecule has 0 aliphatic carbocycles. The highest BCUT2D eigenvalue weighted by Gasteiger charge is 2.14. The molecule has 2 rings (SSSR count). The van der Waals surface area contributed by atoms with Gasteiger partial charge in [0, 0.05) is 16.6 Å². The third-order valence-electron chi connectivity index (χ3n) is 2.77. The number of aromatic nitrogens is 2. The van der Waals surface area contributed by atoms with Gasteiger partial charge in [-0.05, 0) is 30.7 Å². The lowest BCUT2D eigenvalue weighted by molar-refractivity contribution is 0.242. The SMILES string of the molecule is Cc1cc(OCc2nc(C(C)C)no2)ccc1S(=O)(=O)Cl. The minimum Gasteiger partial charge on any atom is -0.484 e. The van der Waals surface area contributed by atoms with Crippen LogP contribution in [0.2, 0.25) is 0 Å². The standard InChI is InChI=1S/C13H15ClN2O4S/c1-8(2)13-15-12(20-16-13)7-19-10-4-5-11(9(3)6-10)21(14,17)18/h4-6,8H,7H2,1-3H3. The van der Waals surface area contributed by atoms with E-state index in [1.807, 2.05) is 13.8 Å². The Morgan fingerprint density at radius 2 is 2.10 bits per heavy atom. The van der Waals surface area contributed by atoms with Crippen LogP contribution in [0, 0.1) is 6.92 Å². The number of halogens is 1. The van der Waals surface area contributed by atoms with Crippen LogP contribution in [0.4, 0.5) is 0 Å². The van der Waals surface area contributed by atoms with E-state index in [1.54, 1.807) is 13.0 Å². The maximum absolute atomic E-state index is 11.3. The van der Waals surface area contributed by atoms with E-state index in [0.717, 1.165) is 0 Å². The molecule has 0 amide bonds. The first-order chi connectivity index (χ1) is 9.77. The summed E-state index contributed by atoms with van der Waals surface area (Å²) in [6.07, 6.45) is 0. The quantitative estimate of drug-likeness (QED) is 0.784. The first-order valence-corrected chi connectivity index (χ1v) is 8.59. The van der Waals surface area contributed by atoms with E-state index in [9.17, 15) is 8.42 Å². The van der Waals surface area contributed by atoms with Crippen molar-refractivity contribution < 1.29 is 17.7 Å². The third-order valence-corrected chi connectivity index (χ3v) is 4.25. The Labute approximate surface area is 127 Å². The lowest BCUT2D eigenvalue weighted by Crippen LogP contribution is -1.99. The fraction of sp³-hybridized carbons (Fsp3) is 0.385. The number of hydrogen-bond acceptors (Lipinski definition) is 6. The van der Waals surface area contributed by atoms with Gasteiger partial charge in [-0.1, -0.05) is 19.0 Å². The van der Waals surface area contributed by atoms with Gasteiger partial charge in [-0.25, -0.2) is 8.42 Å². The molecule has 6 nitrogen and oxygen atoms in total. The molecule has 0 saturated carbocycles. The molecular weight excluding hydrogens is 316 g/mol. The maximum Gasteiger partial charge on any atom is 0.264 e. The van der Waals surface area contributed by atoms with Crippen LogP contribution in [0.3, 0.4) is 0 Å². The van der Waals surface area contributed by atoms with E-state index in [1.165, 1.54) is 12.1 Å². The minimum absolute atomic E-state index is 0.0661. The van der Waals surface area contributed by atoms with E-state index in [2.05, 4.69) is 10.1 Å². The summed E-state index contributed by atoms with van der Waals surface area (Å²) in [6, 6.07) is 4.53. The maximum atomic E-state index is 11.3. The molecule has 0 saturated heterocycles. The number of rotatable bonds is 5. The van der Waals surface area contributed by atoms with Crippen molar-refractivity contribution in [3.63, 3.8) is 0 Å². The van der Waals surface area contributed by atoms with Crippen molar-refractivity contribution in [3.8, 4) is 5.75 Å². The lowest BCUT2D eigenvalue weighted by Gasteiger charge is -2.06. The zero-order valence-electron chi connectivity index (χ0n) is 11.8. The highest BCUT2D eigenvalue weighted by molar-refractivity contribution is 8.13. The molecule has 0 atom stereocenters. The molecule has 0 unspecified atom stereocenters. The average Bonchev–Trinajstić information content (AvgIpc) is 2.83. The largest absolute Gasteiger partial charge is 0.484 e. The van der Waals surface area contributed by atoms with Gasteiger partial charge in [-0.3, -0.25) is 0 Å². The van der Waals surface area contributed by atoms with Crippen LogP contribution in [-0.2, 0) is 15.7 Å². The molecule has 1 heterocycles. The van der Waals surface area contributed by atoms with Crippen molar-refractivity contribution in [1.82, 2.24) is 10.1 Å². The Hall–Kier alpha value is -1.60. The van der Waals surface area contributed by atoms with Crippen molar-refractivity contribution in [2.75, 3.05) is 0 Å². The zero-order valence-corrected chi connectivity index (χ0v) is 13.4. The zero-order chi connectivity index (χ0) is 15.6. The van der Waals surface area contributed by atoms with E-state index < -0.39 is 9.05 Å². The molecule has 0 spiro atoms. The van der Waals surface area contributed by atoms with Crippen molar-refractivity contribution in [2.24, 2.45) is 0 Å². The first-order valence-electron chi connectivity index (χ1n) is 6.28. The summed E-state index contributed by atoms with van der Waals surface area (Å²) in [5.74, 6) is 1.66. The smallest absolute Gasteiger partial charge is 0.264 e. The van der Waals surface area contributed by atoms with Crippen molar-refractivity contribution in [3.05, 3.63) is 35.5 Å². The fourth-order valence-corrected chi connectivity index (χ4v) is 2.88. The highest BCUT2D eigenvalue weighted by atomic mass is 35.7. The summed E-state index contributed by atoms with van der Waals surface area (Å²) in [4.78, 5) is 4.25. The predicted octanol–water partition coefficient (Wildman–Crippen LogP) is 3.01. The Morgan fingerprint density at radius 3 is 2.62 bits per heavy atom. The van der Waals surface area contributed by atoms with Gasteiger partial charge < -0.3 is 9.26 Å². The summed E-state index contributed by atoms with van der Waals surface area (Å²) >= 11 is 0. The van der Waals surface area contributed by atoms with Crippen LogP contribution >= 0.6 is 10.7 Å².